The Hall–Kier alpha value is -0.170. The van der Waals surface area contributed by atoms with Gasteiger partial charge in [0.2, 0.25) is 10.0 Å². The SMILES string of the molecule is CN[C@H]1CCCN(S(=O)(=O)[C@@H](C)CCOC)C1. The zero-order valence-corrected chi connectivity index (χ0v) is 11.8. The van der Waals surface area contributed by atoms with Crippen LogP contribution in [0.4, 0.5) is 0 Å². The minimum Gasteiger partial charge on any atom is -0.385 e. The highest BCUT2D eigenvalue weighted by Crippen LogP contribution is 2.18. The normalized spacial score (nSPS) is 24.8. The van der Waals surface area contributed by atoms with E-state index in [0.717, 1.165) is 12.8 Å². The first-order valence-corrected chi connectivity index (χ1v) is 7.67. The van der Waals surface area contributed by atoms with Crippen molar-refractivity contribution in [3.63, 3.8) is 0 Å². The molecule has 0 aromatic heterocycles. The van der Waals surface area contributed by atoms with Crippen molar-refractivity contribution in [1.29, 1.82) is 0 Å². The number of hydrogen-bond donors (Lipinski definition) is 1. The van der Waals surface area contributed by atoms with Crippen molar-refractivity contribution in [2.75, 3.05) is 33.9 Å². The van der Waals surface area contributed by atoms with Crippen LogP contribution in [0.3, 0.4) is 0 Å². The highest BCUT2D eigenvalue weighted by molar-refractivity contribution is 7.89. The molecule has 0 saturated carbocycles. The van der Waals surface area contributed by atoms with Crippen LogP contribution in [0.1, 0.15) is 26.2 Å². The van der Waals surface area contributed by atoms with Gasteiger partial charge in [0, 0.05) is 32.8 Å². The second-order valence-electron chi connectivity index (χ2n) is 4.62. The fraction of sp³-hybridized carbons (Fsp3) is 1.00. The predicted octanol–water partition coefficient (Wildman–Crippen LogP) is 0.425. The summed E-state index contributed by atoms with van der Waals surface area (Å²) in [6.45, 7) is 3.50. The Morgan fingerprint density at radius 1 is 1.53 bits per heavy atom. The number of nitrogens with one attached hydrogen (secondary N) is 1. The van der Waals surface area contributed by atoms with Crippen molar-refractivity contribution in [2.24, 2.45) is 0 Å². The lowest BCUT2D eigenvalue weighted by molar-refractivity contribution is 0.193. The number of ether oxygens (including phenoxy) is 1. The molecule has 1 rings (SSSR count). The van der Waals surface area contributed by atoms with Gasteiger partial charge in [-0.1, -0.05) is 0 Å². The number of sulfonamides is 1. The number of likely N-dealkylation sites (N-methyl/N-ethyl adjacent to an activating group) is 1. The maximum absolute atomic E-state index is 12.3. The summed E-state index contributed by atoms with van der Waals surface area (Å²) in [5.74, 6) is 0. The molecular formula is C11H24N2O3S. The fourth-order valence-corrected chi connectivity index (χ4v) is 3.77. The van der Waals surface area contributed by atoms with Gasteiger partial charge in [-0.3, -0.25) is 0 Å². The van der Waals surface area contributed by atoms with Crippen LogP contribution in [0.25, 0.3) is 0 Å². The molecule has 1 fully saturated rings. The molecule has 0 radical (unpaired) electrons. The molecule has 1 aliphatic heterocycles. The zero-order chi connectivity index (χ0) is 12.9. The number of rotatable bonds is 6. The third-order valence-electron chi connectivity index (χ3n) is 3.39. The Morgan fingerprint density at radius 3 is 2.82 bits per heavy atom. The molecule has 6 heteroatoms. The minimum atomic E-state index is -3.16. The van der Waals surface area contributed by atoms with E-state index in [2.05, 4.69) is 5.32 Å². The smallest absolute Gasteiger partial charge is 0.216 e. The quantitative estimate of drug-likeness (QED) is 0.755. The van der Waals surface area contributed by atoms with Crippen molar-refractivity contribution < 1.29 is 13.2 Å². The van der Waals surface area contributed by atoms with Gasteiger partial charge in [-0.25, -0.2) is 12.7 Å². The highest BCUT2D eigenvalue weighted by atomic mass is 32.2. The van der Waals surface area contributed by atoms with Crippen molar-refractivity contribution >= 4 is 10.0 Å². The molecule has 1 aliphatic rings. The van der Waals surface area contributed by atoms with Crippen LogP contribution in [-0.4, -0.2) is 57.9 Å². The maximum atomic E-state index is 12.3. The number of piperidine rings is 1. The predicted molar refractivity (Wildman–Crippen MR) is 68.5 cm³/mol. The van der Waals surface area contributed by atoms with Crippen LogP contribution < -0.4 is 5.32 Å². The van der Waals surface area contributed by atoms with E-state index in [9.17, 15) is 8.42 Å². The summed E-state index contributed by atoms with van der Waals surface area (Å²) in [4.78, 5) is 0. The standard InChI is InChI=1S/C11H24N2O3S/c1-10(6-8-16-3)17(14,15)13-7-4-5-11(9-13)12-2/h10-12H,4-9H2,1-3H3/t10-,11-/m0/s1. The van der Waals surface area contributed by atoms with E-state index in [4.69, 9.17) is 4.74 Å². The number of nitrogens with zero attached hydrogens (tertiary/aromatic N) is 1. The van der Waals surface area contributed by atoms with Crippen LogP contribution >= 0.6 is 0 Å². The van der Waals surface area contributed by atoms with Crippen LogP contribution in [0.2, 0.25) is 0 Å². The molecule has 1 saturated heterocycles. The molecular weight excluding hydrogens is 240 g/mol. The largest absolute Gasteiger partial charge is 0.385 e. The van der Waals surface area contributed by atoms with Crippen LogP contribution in [0.15, 0.2) is 0 Å². The second-order valence-corrected chi connectivity index (χ2v) is 6.97. The van der Waals surface area contributed by atoms with Crippen LogP contribution in [0.5, 0.6) is 0 Å². The lowest BCUT2D eigenvalue weighted by Crippen LogP contribution is -2.49. The Kier molecular flexibility index (Phi) is 5.85. The van der Waals surface area contributed by atoms with Gasteiger partial charge >= 0.3 is 0 Å². The van der Waals surface area contributed by atoms with E-state index in [1.165, 1.54) is 0 Å². The van der Waals surface area contributed by atoms with E-state index in [1.54, 1.807) is 18.3 Å². The number of hydrogen-bond acceptors (Lipinski definition) is 4. The maximum Gasteiger partial charge on any atom is 0.216 e. The Bertz CT molecular complexity index is 319. The van der Waals surface area contributed by atoms with Crippen molar-refractivity contribution in [1.82, 2.24) is 9.62 Å². The molecule has 0 amide bonds. The van der Waals surface area contributed by atoms with Crippen LogP contribution in [-0.2, 0) is 14.8 Å². The second kappa shape index (κ2) is 6.68. The third kappa shape index (κ3) is 3.91. The van der Waals surface area contributed by atoms with Gasteiger partial charge in [0.25, 0.3) is 0 Å². The zero-order valence-electron chi connectivity index (χ0n) is 11.0. The molecule has 17 heavy (non-hydrogen) atoms. The molecule has 0 bridgehead atoms. The molecule has 0 aromatic carbocycles. The van der Waals surface area contributed by atoms with E-state index < -0.39 is 10.0 Å². The van der Waals surface area contributed by atoms with Gasteiger partial charge in [-0.05, 0) is 33.2 Å². The van der Waals surface area contributed by atoms with Gasteiger partial charge in [0.1, 0.15) is 0 Å². The topological polar surface area (TPSA) is 58.6 Å². The van der Waals surface area contributed by atoms with E-state index in [0.29, 0.717) is 26.1 Å². The van der Waals surface area contributed by atoms with Gasteiger partial charge in [-0.15, -0.1) is 0 Å². The van der Waals surface area contributed by atoms with Gasteiger partial charge in [0.15, 0.2) is 0 Å². The lowest BCUT2D eigenvalue weighted by atomic mass is 10.1. The summed E-state index contributed by atoms with van der Waals surface area (Å²) in [5, 5.41) is 2.79. The summed E-state index contributed by atoms with van der Waals surface area (Å²) in [6.07, 6.45) is 2.54. The van der Waals surface area contributed by atoms with E-state index in [1.807, 2.05) is 7.05 Å². The average Bonchev–Trinajstić information content (AvgIpc) is 2.35. The molecule has 102 valence electrons. The Morgan fingerprint density at radius 2 is 2.24 bits per heavy atom. The van der Waals surface area contributed by atoms with Crippen molar-refractivity contribution in [3.05, 3.63) is 0 Å². The molecule has 1 heterocycles. The van der Waals surface area contributed by atoms with Crippen molar-refractivity contribution in [3.8, 4) is 0 Å². The summed E-state index contributed by atoms with van der Waals surface area (Å²) in [6, 6.07) is 0.285. The summed E-state index contributed by atoms with van der Waals surface area (Å²) in [5.41, 5.74) is 0. The Labute approximate surface area is 105 Å². The fourth-order valence-electron chi connectivity index (χ4n) is 2.10. The first-order valence-electron chi connectivity index (χ1n) is 6.17. The number of methoxy groups -OCH3 is 1. The minimum absolute atomic E-state index is 0.285. The molecule has 0 unspecified atom stereocenters. The first-order chi connectivity index (χ1) is 8.02. The molecule has 1 N–H and O–H groups in total. The van der Waals surface area contributed by atoms with E-state index in [-0.39, 0.29) is 11.3 Å². The van der Waals surface area contributed by atoms with Gasteiger partial charge in [0.05, 0.1) is 5.25 Å². The summed E-state index contributed by atoms with van der Waals surface area (Å²) >= 11 is 0. The van der Waals surface area contributed by atoms with Crippen LogP contribution in [0, 0.1) is 0 Å². The molecule has 0 aromatic rings. The molecule has 2 atom stereocenters. The van der Waals surface area contributed by atoms with E-state index >= 15 is 0 Å². The lowest BCUT2D eigenvalue weighted by Gasteiger charge is -2.33. The summed E-state index contributed by atoms with van der Waals surface area (Å²) in [7, 11) is 0.315. The molecule has 5 nitrogen and oxygen atoms in total. The highest BCUT2D eigenvalue weighted by Gasteiger charge is 2.32. The summed E-state index contributed by atoms with van der Waals surface area (Å²) < 4.78 is 31.2. The van der Waals surface area contributed by atoms with Gasteiger partial charge in [-0.2, -0.15) is 0 Å². The first kappa shape index (κ1) is 14.9. The monoisotopic (exact) mass is 264 g/mol. The third-order valence-corrected chi connectivity index (χ3v) is 5.69. The van der Waals surface area contributed by atoms with Crippen molar-refractivity contribution in [2.45, 2.75) is 37.5 Å². The Balaban J connectivity index is 2.62. The van der Waals surface area contributed by atoms with Gasteiger partial charge < -0.3 is 10.1 Å². The molecule has 0 spiro atoms. The molecule has 0 aliphatic carbocycles. The average molecular weight is 264 g/mol.